The van der Waals surface area contributed by atoms with E-state index in [0.717, 1.165) is 0 Å². The SMILES string of the molecule is C=CCNC(=O)C(=O)C(CCC)NC(=O)[C@@H]1[C@@H]2[C@H](CN1C(=O)[C@@H](NC(=O)N[C@H](CN(C)c1c(CC)c(=O)c1=O)C(C)(C)C)C(C)(C)C)C2(C)C. The van der Waals surface area contributed by atoms with E-state index < -0.39 is 75.4 Å². The number of rotatable bonds is 15. The maximum atomic E-state index is 14.4. The van der Waals surface area contributed by atoms with Gasteiger partial charge in [0.1, 0.15) is 12.1 Å². The van der Waals surface area contributed by atoms with Crippen LogP contribution in [0.5, 0.6) is 0 Å². The van der Waals surface area contributed by atoms with Crippen LogP contribution >= 0.6 is 0 Å². The van der Waals surface area contributed by atoms with Crippen LogP contribution in [0.15, 0.2) is 22.2 Å². The first-order valence-electron chi connectivity index (χ1n) is 17.7. The minimum absolute atomic E-state index is 0.0529. The van der Waals surface area contributed by atoms with Crippen LogP contribution in [-0.2, 0) is 25.6 Å². The molecular weight excluding hydrogens is 640 g/mol. The number of piperidine rings is 1. The maximum absolute atomic E-state index is 14.4. The molecule has 0 spiro atoms. The second-order valence-electron chi connectivity index (χ2n) is 16.7. The van der Waals surface area contributed by atoms with Crippen molar-refractivity contribution in [1.29, 1.82) is 0 Å². The average Bonchev–Trinajstić information content (AvgIpc) is 3.33. The summed E-state index contributed by atoms with van der Waals surface area (Å²) in [4.78, 5) is 95.1. The Morgan fingerprint density at radius 1 is 0.980 bits per heavy atom. The van der Waals surface area contributed by atoms with Gasteiger partial charge in [0, 0.05) is 32.2 Å². The number of Topliss-reactive ketones (excluding diaryl/α,β-unsaturated/α-hetero) is 1. The summed E-state index contributed by atoms with van der Waals surface area (Å²) in [6, 6.07) is -4.03. The zero-order valence-corrected chi connectivity index (χ0v) is 31.7. The topological polar surface area (TPSA) is 174 Å². The van der Waals surface area contributed by atoms with Gasteiger partial charge in [-0.2, -0.15) is 0 Å². The third-order valence-corrected chi connectivity index (χ3v) is 10.5. The van der Waals surface area contributed by atoms with Crippen molar-refractivity contribution in [3.63, 3.8) is 0 Å². The molecule has 2 fully saturated rings. The van der Waals surface area contributed by atoms with Crippen molar-refractivity contribution in [3.8, 4) is 0 Å². The highest BCUT2D eigenvalue weighted by Gasteiger charge is 2.70. The van der Waals surface area contributed by atoms with Crippen LogP contribution in [-0.4, -0.2) is 85.3 Å². The van der Waals surface area contributed by atoms with Gasteiger partial charge < -0.3 is 31.1 Å². The number of urea groups is 1. The Kier molecular flexibility index (Phi) is 12.2. The molecule has 50 heavy (non-hydrogen) atoms. The Bertz CT molecular complexity index is 1560. The van der Waals surface area contributed by atoms with E-state index in [9.17, 15) is 33.6 Å². The third-order valence-electron chi connectivity index (χ3n) is 10.5. The highest BCUT2D eigenvalue weighted by molar-refractivity contribution is 6.38. The molecule has 1 saturated carbocycles. The quantitative estimate of drug-likeness (QED) is 0.159. The number of hydrogen-bond donors (Lipinski definition) is 4. The molecule has 1 aromatic rings. The van der Waals surface area contributed by atoms with Crippen LogP contribution in [0.25, 0.3) is 0 Å². The van der Waals surface area contributed by atoms with Gasteiger partial charge in [0.15, 0.2) is 0 Å². The van der Waals surface area contributed by atoms with Gasteiger partial charge in [0.25, 0.3) is 5.91 Å². The van der Waals surface area contributed by atoms with Crippen LogP contribution in [0.4, 0.5) is 10.5 Å². The number of likely N-dealkylation sites (tertiary alicyclic amines) is 1. The minimum Gasteiger partial charge on any atom is -0.369 e. The third kappa shape index (κ3) is 8.29. The van der Waals surface area contributed by atoms with E-state index in [4.69, 9.17) is 0 Å². The molecule has 13 heteroatoms. The zero-order valence-electron chi connectivity index (χ0n) is 31.7. The van der Waals surface area contributed by atoms with Crippen LogP contribution in [0.1, 0.15) is 87.6 Å². The number of amides is 5. The molecule has 13 nitrogen and oxygen atoms in total. The van der Waals surface area contributed by atoms with Gasteiger partial charge in [-0.3, -0.25) is 28.8 Å². The smallest absolute Gasteiger partial charge is 0.315 e. The number of hydrogen-bond acceptors (Lipinski definition) is 8. The van der Waals surface area contributed by atoms with Crippen molar-refractivity contribution < 1.29 is 24.0 Å². The van der Waals surface area contributed by atoms with Gasteiger partial charge in [-0.25, -0.2) is 4.79 Å². The molecular formula is C37H58N6O7. The molecule has 1 aliphatic heterocycles. The summed E-state index contributed by atoms with van der Waals surface area (Å²) in [6.07, 6.45) is 2.68. The maximum Gasteiger partial charge on any atom is 0.315 e. The number of carbonyl (C=O) groups is 5. The van der Waals surface area contributed by atoms with Crippen LogP contribution in [0, 0.1) is 28.1 Å². The van der Waals surface area contributed by atoms with Gasteiger partial charge in [-0.05, 0) is 40.9 Å². The predicted molar refractivity (Wildman–Crippen MR) is 193 cm³/mol. The Morgan fingerprint density at radius 2 is 1.60 bits per heavy atom. The number of anilines is 1. The van der Waals surface area contributed by atoms with E-state index in [1.54, 1.807) is 11.9 Å². The molecule has 0 bridgehead atoms. The fourth-order valence-corrected chi connectivity index (χ4v) is 7.24. The lowest BCUT2D eigenvalue weighted by molar-refractivity contribution is -0.145. The summed E-state index contributed by atoms with van der Waals surface area (Å²) in [6.45, 7) is 23.3. The van der Waals surface area contributed by atoms with Gasteiger partial charge >= 0.3 is 6.03 Å². The molecule has 3 rings (SSSR count). The van der Waals surface area contributed by atoms with E-state index in [0.29, 0.717) is 30.6 Å². The second kappa shape index (κ2) is 15.1. The molecule has 0 radical (unpaired) electrons. The largest absolute Gasteiger partial charge is 0.369 e. The normalized spacial score (nSPS) is 21.3. The fourth-order valence-electron chi connectivity index (χ4n) is 7.24. The summed E-state index contributed by atoms with van der Waals surface area (Å²) < 4.78 is 0. The number of nitrogens with one attached hydrogen (secondary N) is 4. The van der Waals surface area contributed by atoms with Gasteiger partial charge in [0.2, 0.25) is 28.5 Å². The van der Waals surface area contributed by atoms with Crippen LogP contribution in [0.2, 0.25) is 0 Å². The summed E-state index contributed by atoms with van der Waals surface area (Å²) in [5, 5.41) is 11.1. The highest BCUT2D eigenvalue weighted by atomic mass is 16.2. The molecule has 2 aliphatic rings. The Morgan fingerprint density at radius 3 is 2.12 bits per heavy atom. The van der Waals surface area contributed by atoms with E-state index >= 15 is 0 Å². The summed E-state index contributed by atoms with van der Waals surface area (Å²) in [5.41, 5.74) is -1.61. The average molecular weight is 699 g/mol. The number of nitrogens with zero attached hydrogens (tertiary/aromatic N) is 2. The minimum atomic E-state index is -1.05. The Hall–Kier alpha value is -4.03. The highest BCUT2D eigenvalue weighted by Crippen LogP contribution is 2.65. The molecule has 4 N–H and O–H groups in total. The molecule has 1 aliphatic carbocycles. The second-order valence-corrected chi connectivity index (χ2v) is 16.7. The standard InChI is InChI=1S/C37H58N6O7/c1-13-16-22(28(45)32(48)38-17-14-2)39-31(47)26-24-21(37(24,10)11)18-43(26)33(49)30(36(7,8)9)41-34(50)40-23(35(4,5)6)19-42(12)25-20(15-3)27(44)29(25)46/h14,21-24,26,30H,2,13,15-19H2,1,3-12H3,(H,38,48)(H,39,47)(H2,40,41,50)/t21-,22?,23+,24-,26-,30+/m0/s1. The predicted octanol–water partition coefficient (Wildman–Crippen LogP) is 2.05. The van der Waals surface area contributed by atoms with Crippen molar-refractivity contribution >= 4 is 35.2 Å². The monoisotopic (exact) mass is 698 g/mol. The lowest BCUT2D eigenvalue weighted by atomic mass is 9.84. The van der Waals surface area contributed by atoms with Crippen molar-refractivity contribution in [2.45, 2.75) is 113 Å². The van der Waals surface area contributed by atoms with E-state index in [1.807, 2.05) is 69.2 Å². The molecule has 1 heterocycles. The molecule has 1 saturated heterocycles. The molecule has 0 aromatic heterocycles. The fraction of sp³-hybridized carbons (Fsp3) is 0.703. The summed E-state index contributed by atoms with van der Waals surface area (Å²) in [5.74, 6) is -2.60. The van der Waals surface area contributed by atoms with Crippen LogP contribution in [0.3, 0.4) is 0 Å². The van der Waals surface area contributed by atoms with Gasteiger partial charge in [-0.15, -0.1) is 6.58 Å². The van der Waals surface area contributed by atoms with E-state index in [-0.39, 0.29) is 36.8 Å². The van der Waals surface area contributed by atoms with Crippen LogP contribution < -0.4 is 37.0 Å². The van der Waals surface area contributed by atoms with Crippen molar-refractivity contribution in [1.82, 2.24) is 26.2 Å². The van der Waals surface area contributed by atoms with Gasteiger partial charge in [0.05, 0.1) is 17.8 Å². The van der Waals surface area contributed by atoms with Crippen molar-refractivity contribution in [2.75, 3.05) is 31.6 Å². The lowest BCUT2D eigenvalue weighted by Gasteiger charge is -2.39. The zero-order chi connectivity index (χ0) is 38.1. The molecule has 5 amide bonds. The van der Waals surface area contributed by atoms with E-state index in [2.05, 4.69) is 27.8 Å². The summed E-state index contributed by atoms with van der Waals surface area (Å²) in [7, 11) is 1.72. The van der Waals surface area contributed by atoms with Crippen molar-refractivity contribution in [3.05, 3.63) is 38.7 Å². The molecule has 6 atom stereocenters. The molecule has 278 valence electrons. The first-order chi connectivity index (χ1) is 23.0. The first-order valence-corrected chi connectivity index (χ1v) is 17.7. The number of fused-ring (bicyclic) bond motifs is 1. The lowest BCUT2D eigenvalue weighted by Crippen LogP contribution is -2.62. The van der Waals surface area contributed by atoms with Crippen molar-refractivity contribution in [2.24, 2.45) is 28.1 Å². The summed E-state index contributed by atoms with van der Waals surface area (Å²) >= 11 is 0. The number of carbonyl (C=O) groups excluding carboxylic acids is 5. The Balaban J connectivity index is 1.83. The molecule has 1 aromatic carbocycles. The first kappa shape index (κ1) is 40.4. The van der Waals surface area contributed by atoms with E-state index in [1.165, 1.54) is 11.0 Å². The number of likely N-dealkylation sites (N-methyl/N-ethyl adjacent to an activating group) is 1. The molecule has 1 unspecified atom stereocenters. The Labute approximate surface area is 296 Å². The number of ketones is 1. The van der Waals surface area contributed by atoms with Gasteiger partial charge in [-0.1, -0.05) is 81.7 Å².